The molecule has 0 fully saturated rings. The Morgan fingerprint density at radius 3 is 2.89 bits per heavy atom. The van der Waals surface area contributed by atoms with Gasteiger partial charge in [-0.25, -0.2) is 0 Å². The summed E-state index contributed by atoms with van der Waals surface area (Å²) >= 11 is 0. The quantitative estimate of drug-likeness (QED) is 0.778. The van der Waals surface area contributed by atoms with E-state index in [1.807, 2.05) is 6.07 Å². The molecule has 2 N–H and O–H groups in total. The van der Waals surface area contributed by atoms with Gasteiger partial charge in [-0.15, -0.1) is 0 Å². The van der Waals surface area contributed by atoms with Gasteiger partial charge in [0.15, 0.2) is 0 Å². The van der Waals surface area contributed by atoms with Gasteiger partial charge < -0.3 is 10.3 Å². The maximum Gasteiger partial charge on any atom is 0.0589 e. The van der Waals surface area contributed by atoms with Crippen molar-refractivity contribution < 1.29 is 0 Å². The Kier molecular flexibility index (Phi) is 3.05. The molecule has 0 aliphatic rings. The van der Waals surface area contributed by atoms with Crippen LogP contribution in [0.5, 0.6) is 0 Å². The Morgan fingerprint density at radius 1 is 1.16 bits per heavy atom. The highest BCUT2D eigenvalue weighted by Crippen LogP contribution is 2.21. The average Bonchev–Trinajstić information content (AvgIpc) is 2.84. The fourth-order valence-corrected chi connectivity index (χ4v) is 2.50. The minimum Gasteiger partial charge on any atom is -0.343 e. The van der Waals surface area contributed by atoms with E-state index in [-0.39, 0.29) is 0 Å². The lowest BCUT2D eigenvalue weighted by atomic mass is 10.1. The molecule has 0 saturated heterocycles. The van der Waals surface area contributed by atoms with Crippen LogP contribution in [0.25, 0.3) is 10.9 Å². The summed E-state index contributed by atoms with van der Waals surface area (Å²) in [6.07, 6.45) is 3.93. The molecule has 0 aliphatic heterocycles. The predicted molar refractivity (Wildman–Crippen MR) is 77.9 cm³/mol. The molecule has 19 heavy (non-hydrogen) atoms. The van der Waals surface area contributed by atoms with Gasteiger partial charge in [0.2, 0.25) is 0 Å². The summed E-state index contributed by atoms with van der Waals surface area (Å²) in [5, 5.41) is 1.31. The van der Waals surface area contributed by atoms with Crippen LogP contribution in [0.15, 0.2) is 48.8 Å². The summed E-state index contributed by atoms with van der Waals surface area (Å²) in [4.78, 5) is 4.34. The summed E-state index contributed by atoms with van der Waals surface area (Å²) in [5.41, 5.74) is 10.5. The van der Waals surface area contributed by atoms with Crippen LogP contribution in [0.4, 0.5) is 0 Å². The number of benzene rings is 1. The van der Waals surface area contributed by atoms with Gasteiger partial charge in [0.1, 0.15) is 0 Å². The van der Waals surface area contributed by atoms with Crippen molar-refractivity contribution in [3.8, 4) is 0 Å². The van der Waals surface area contributed by atoms with E-state index in [1.54, 1.807) is 6.20 Å². The zero-order chi connectivity index (χ0) is 13.2. The standard InChI is InChI=1S/C16H17N3/c1-12-4-2-6-16-14(12)7-9-19(16)11-13-5-3-8-18-15(13)10-17/h2-9H,10-11,17H2,1H3. The number of hydrogen-bond donors (Lipinski definition) is 1. The molecule has 0 radical (unpaired) electrons. The number of nitrogens with zero attached hydrogens (tertiary/aromatic N) is 2. The van der Waals surface area contributed by atoms with Crippen molar-refractivity contribution in [2.75, 3.05) is 0 Å². The van der Waals surface area contributed by atoms with Crippen molar-refractivity contribution in [2.45, 2.75) is 20.0 Å². The van der Waals surface area contributed by atoms with E-state index >= 15 is 0 Å². The summed E-state index contributed by atoms with van der Waals surface area (Å²) < 4.78 is 2.25. The molecule has 0 unspecified atom stereocenters. The number of aromatic nitrogens is 2. The summed E-state index contributed by atoms with van der Waals surface area (Å²) in [7, 11) is 0. The normalized spacial score (nSPS) is 11.1. The summed E-state index contributed by atoms with van der Waals surface area (Å²) in [5.74, 6) is 0. The third-order valence-corrected chi connectivity index (χ3v) is 3.55. The van der Waals surface area contributed by atoms with Crippen molar-refractivity contribution in [1.82, 2.24) is 9.55 Å². The molecular weight excluding hydrogens is 234 g/mol. The maximum absolute atomic E-state index is 5.74. The van der Waals surface area contributed by atoms with Crippen LogP contribution in [0.2, 0.25) is 0 Å². The highest BCUT2D eigenvalue weighted by molar-refractivity contribution is 5.83. The number of pyridine rings is 1. The molecule has 2 aromatic heterocycles. The molecule has 0 aliphatic carbocycles. The zero-order valence-electron chi connectivity index (χ0n) is 11.0. The fourth-order valence-electron chi connectivity index (χ4n) is 2.50. The topological polar surface area (TPSA) is 43.8 Å². The van der Waals surface area contributed by atoms with Gasteiger partial charge in [-0.1, -0.05) is 18.2 Å². The lowest BCUT2D eigenvalue weighted by Gasteiger charge is -2.09. The highest BCUT2D eigenvalue weighted by Gasteiger charge is 2.06. The lowest BCUT2D eigenvalue weighted by Crippen LogP contribution is -2.07. The van der Waals surface area contributed by atoms with E-state index in [1.165, 1.54) is 22.0 Å². The first kappa shape index (κ1) is 11.9. The molecule has 2 heterocycles. The van der Waals surface area contributed by atoms with Gasteiger partial charge >= 0.3 is 0 Å². The third-order valence-electron chi connectivity index (χ3n) is 3.55. The molecule has 3 rings (SSSR count). The first-order valence-corrected chi connectivity index (χ1v) is 6.47. The molecule has 0 saturated carbocycles. The number of fused-ring (bicyclic) bond motifs is 1. The first-order valence-electron chi connectivity index (χ1n) is 6.47. The number of aryl methyl sites for hydroxylation is 1. The Hall–Kier alpha value is -2.13. The van der Waals surface area contributed by atoms with Crippen molar-refractivity contribution >= 4 is 10.9 Å². The largest absolute Gasteiger partial charge is 0.343 e. The monoisotopic (exact) mass is 251 g/mol. The summed E-state index contributed by atoms with van der Waals surface area (Å²) in [6, 6.07) is 12.6. The molecule has 3 nitrogen and oxygen atoms in total. The van der Waals surface area contributed by atoms with E-state index in [2.05, 4.69) is 53.0 Å². The molecule has 0 spiro atoms. The number of nitrogens with two attached hydrogens (primary N) is 1. The molecule has 1 aromatic carbocycles. The molecule has 3 heteroatoms. The molecule has 0 bridgehead atoms. The van der Waals surface area contributed by atoms with Crippen molar-refractivity contribution in [3.63, 3.8) is 0 Å². The molecule has 0 amide bonds. The summed E-state index contributed by atoms with van der Waals surface area (Å²) in [6.45, 7) is 3.43. The van der Waals surface area contributed by atoms with Crippen LogP contribution in [0, 0.1) is 6.92 Å². The Balaban J connectivity index is 2.04. The molecule has 0 atom stereocenters. The van der Waals surface area contributed by atoms with Crippen molar-refractivity contribution in [1.29, 1.82) is 0 Å². The zero-order valence-corrected chi connectivity index (χ0v) is 11.0. The van der Waals surface area contributed by atoms with Crippen LogP contribution < -0.4 is 5.73 Å². The van der Waals surface area contributed by atoms with Gasteiger partial charge in [-0.2, -0.15) is 0 Å². The molecular formula is C16H17N3. The predicted octanol–water partition coefficient (Wildman–Crippen LogP) is 2.85. The van der Waals surface area contributed by atoms with E-state index in [0.717, 1.165) is 12.2 Å². The SMILES string of the molecule is Cc1cccc2c1ccn2Cc1cccnc1CN. The number of rotatable bonds is 3. The van der Waals surface area contributed by atoms with Crippen LogP contribution in [0.1, 0.15) is 16.8 Å². The van der Waals surface area contributed by atoms with E-state index in [4.69, 9.17) is 5.73 Å². The van der Waals surface area contributed by atoms with Crippen LogP contribution >= 0.6 is 0 Å². The van der Waals surface area contributed by atoms with Crippen molar-refractivity contribution in [3.05, 3.63) is 65.6 Å². The van der Waals surface area contributed by atoms with Gasteiger partial charge in [0.05, 0.1) is 5.69 Å². The lowest BCUT2D eigenvalue weighted by molar-refractivity contribution is 0.805. The van der Waals surface area contributed by atoms with Crippen LogP contribution in [-0.4, -0.2) is 9.55 Å². The third kappa shape index (κ3) is 2.13. The number of hydrogen-bond acceptors (Lipinski definition) is 2. The van der Waals surface area contributed by atoms with Gasteiger partial charge in [0, 0.05) is 36.4 Å². The van der Waals surface area contributed by atoms with Gasteiger partial charge in [-0.05, 0) is 36.2 Å². The van der Waals surface area contributed by atoms with E-state index in [0.29, 0.717) is 6.54 Å². The van der Waals surface area contributed by atoms with E-state index < -0.39 is 0 Å². The van der Waals surface area contributed by atoms with Crippen molar-refractivity contribution in [2.24, 2.45) is 5.73 Å². The Labute approximate surface area is 112 Å². The molecule has 96 valence electrons. The van der Waals surface area contributed by atoms with E-state index in [9.17, 15) is 0 Å². The minimum absolute atomic E-state index is 0.481. The fraction of sp³-hybridized carbons (Fsp3) is 0.188. The maximum atomic E-state index is 5.74. The minimum atomic E-state index is 0.481. The smallest absolute Gasteiger partial charge is 0.0589 e. The van der Waals surface area contributed by atoms with Crippen LogP contribution in [-0.2, 0) is 13.1 Å². The first-order chi connectivity index (χ1) is 9.29. The second-order valence-corrected chi connectivity index (χ2v) is 4.76. The molecule has 3 aromatic rings. The average molecular weight is 251 g/mol. The van der Waals surface area contributed by atoms with Crippen LogP contribution in [0.3, 0.4) is 0 Å². The van der Waals surface area contributed by atoms with Gasteiger partial charge in [-0.3, -0.25) is 4.98 Å². The Morgan fingerprint density at radius 2 is 2.05 bits per heavy atom. The Bertz CT molecular complexity index is 713. The second-order valence-electron chi connectivity index (χ2n) is 4.76. The van der Waals surface area contributed by atoms with Gasteiger partial charge in [0.25, 0.3) is 0 Å². The highest BCUT2D eigenvalue weighted by atomic mass is 15.0. The second kappa shape index (κ2) is 4.86.